The number of hydrogen-bond donors (Lipinski definition) is 2. The zero-order valence-electron chi connectivity index (χ0n) is 19.9. The Morgan fingerprint density at radius 1 is 1.03 bits per heavy atom. The number of halogens is 2. The molecule has 3 rings (SSSR count). The molecule has 180 valence electrons. The third-order valence-corrected chi connectivity index (χ3v) is 5.17. The van der Waals surface area contributed by atoms with Gasteiger partial charge < -0.3 is 15.5 Å². The number of carbonyl (C=O) groups excluding carboxylic acids is 2. The summed E-state index contributed by atoms with van der Waals surface area (Å²) in [6, 6.07) is 12.0. The molecule has 0 radical (unpaired) electrons. The quantitative estimate of drug-likeness (QED) is 0.518. The molecule has 0 atom stereocenters. The van der Waals surface area contributed by atoms with E-state index in [0.29, 0.717) is 5.82 Å². The van der Waals surface area contributed by atoms with Crippen molar-refractivity contribution in [2.24, 2.45) is 0 Å². The van der Waals surface area contributed by atoms with E-state index in [1.54, 1.807) is 11.6 Å². The van der Waals surface area contributed by atoms with Crippen LogP contribution in [-0.2, 0) is 10.2 Å². The van der Waals surface area contributed by atoms with Crippen molar-refractivity contribution in [1.29, 1.82) is 0 Å². The normalized spacial score (nSPS) is 11.3. The Bertz CT molecular complexity index is 1200. The molecule has 0 aliphatic carbocycles. The first-order valence-corrected chi connectivity index (χ1v) is 11.0. The van der Waals surface area contributed by atoms with Crippen LogP contribution in [-0.4, -0.2) is 39.7 Å². The SMILES string of the molecule is CCN(CC(=O)Nc1cc(C(C)(C)C)nn1-c1cccc(C)c1)C(=O)Nc1ccc(F)c(F)c1. The summed E-state index contributed by atoms with van der Waals surface area (Å²) in [6.45, 7) is 9.77. The third kappa shape index (κ3) is 5.98. The van der Waals surface area contributed by atoms with Gasteiger partial charge in [0.25, 0.3) is 0 Å². The molecule has 3 aromatic rings. The summed E-state index contributed by atoms with van der Waals surface area (Å²) in [4.78, 5) is 26.7. The first-order valence-electron chi connectivity index (χ1n) is 11.0. The number of likely N-dealkylation sites (N-methyl/N-ethyl adjacent to an activating group) is 1. The Kier molecular flexibility index (Phi) is 7.34. The molecule has 0 bridgehead atoms. The van der Waals surface area contributed by atoms with Crippen LogP contribution in [0.5, 0.6) is 0 Å². The number of anilines is 2. The molecule has 0 unspecified atom stereocenters. The molecule has 2 N–H and O–H groups in total. The van der Waals surface area contributed by atoms with E-state index >= 15 is 0 Å². The Hall–Kier alpha value is -3.75. The van der Waals surface area contributed by atoms with Crippen LogP contribution in [0, 0.1) is 18.6 Å². The highest BCUT2D eigenvalue weighted by Crippen LogP contribution is 2.26. The summed E-state index contributed by atoms with van der Waals surface area (Å²) in [6.07, 6.45) is 0. The van der Waals surface area contributed by atoms with Crippen molar-refractivity contribution in [3.63, 3.8) is 0 Å². The Labute approximate surface area is 197 Å². The van der Waals surface area contributed by atoms with E-state index in [9.17, 15) is 18.4 Å². The first kappa shape index (κ1) is 24.9. The maximum Gasteiger partial charge on any atom is 0.322 e. The summed E-state index contributed by atoms with van der Waals surface area (Å²) in [7, 11) is 0. The summed E-state index contributed by atoms with van der Waals surface area (Å²) in [5, 5.41) is 10.0. The number of carbonyl (C=O) groups is 2. The second kappa shape index (κ2) is 10.0. The zero-order chi connectivity index (χ0) is 25.0. The van der Waals surface area contributed by atoms with Crippen molar-refractivity contribution < 1.29 is 18.4 Å². The molecule has 0 saturated carbocycles. The lowest BCUT2D eigenvalue weighted by molar-refractivity contribution is -0.116. The number of urea groups is 1. The van der Waals surface area contributed by atoms with Crippen LogP contribution in [0.1, 0.15) is 39.0 Å². The molecule has 0 aliphatic heterocycles. The topological polar surface area (TPSA) is 79.3 Å². The van der Waals surface area contributed by atoms with E-state index in [4.69, 9.17) is 5.10 Å². The Morgan fingerprint density at radius 3 is 2.38 bits per heavy atom. The molecule has 3 amide bonds. The molecule has 9 heteroatoms. The van der Waals surface area contributed by atoms with Gasteiger partial charge >= 0.3 is 6.03 Å². The van der Waals surface area contributed by atoms with Crippen molar-refractivity contribution in [2.45, 2.75) is 40.0 Å². The van der Waals surface area contributed by atoms with Crippen LogP contribution in [0.2, 0.25) is 0 Å². The van der Waals surface area contributed by atoms with E-state index in [1.807, 2.05) is 58.0 Å². The van der Waals surface area contributed by atoms with Gasteiger partial charge in [0.05, 0.1) is 11.4 Å². The van der Waals surface area contributed by atoms with Crippen molar-refractivity contribution in [2.75, 3.05) is 23.7 Å². The van der Waals surface area contributed by atoms with Gasteiger partial charge in [-0.1, -0.05) is 32.9 Å². The van der Waals surface area contributed by atoms with E-state index in [1.165, 1.54) is 11.0 Å². The lowest BCUT2D eigenvalue weighted by Gasteiger charge is -2.21. The predicted molar refractivity (Wildman–Crippen MR) is 128 cm³/mol. The van der Waals surface area contributed by atoms with E-state index < -0.39 is 23.6 Å². The summed E-state index contributed by atoms with van der Waals surface area (Å²) in [5.41, 5.74) is 2.50. The molecular weight excluding hydrogens is 440 g/mol. The van der Waals surface area contributed by atoms with Gasteiger partial charge in [0.15, 0.2) is 11.6 Å². The van der Waals surface area contributed by atoms with Crippen LogP contribution in [0.25, 0.3) is 5.69 Å². The number of hydrogen-bond acceptors (Lipinski definition) is 3. The number of aryl methyl sites for hydroxylation is 1. The molecule has 0 fully saturated rings. The van der Waals surface area contributed by atoms with Crippen LogP contribution in [0.4, 0.5) is 25.1 Å². The third-order valence-electron chi connectivity index (χ3n) is 5.17. The van der Waals surface area contributed by atoms with E-state index in [2.05, 4.69) is 10.6 Å². The van der Waals surface area contributed by atoms with Gasteiger partial charge in [-0.05, 0) is 43.7 Å². The summed E-state index contributed by atoms with van der Waals surface area (Å²) < 4.78 is 28.2. The van der Waals surface area contributed by atoms with Crippen molar-refractivity contribution in [3.8, 4) is 5.69 Å². The summed E-state index contributed by atoms with van der Waals surface area (Å²) in [5.74, 6) is -2.02. The van der Waals surface area contributed by atoms with Crippen LogP contribution in [0.15, 0.2) is 48.5 Å². The monoisotopic (exact) mass is 469 g/mol. The van der Waals surface area contributed by atoms with Crippen molar-refractivity contribution >= 4 is 23.4 Å². The largest absolute Gasteiger partial charge is 0.322 e. The minimum Gasteiger partial charge on any atom is -0.315 e. The fourth-order valence-electron chi connectivity index (χ4n) is 3.25. The standard InChI is InChI=1S/C25H29F2N5O2/c1-6-31(24(34)28-17-10-11-19(26)20(27)13-17)15-23(33)29-22-14-21(25(3,4)5)30-32(22)18-9-7-8-16(2)12-18/h7-14H,6,15H2,1-5H3,(H,28,34)(H,29,33). The molecule has 0 aliphatic rings. The van der Waals surface area contributed by atoms with Crippen LogP contribution < -0.4 is 10.6 Å². The smallest absolute Gasteiger partial charge is 0.315 e. The molecule has 2 aromatic carbocycles. The van der Waals surface area contributed by atoms with Gasteiger partial charge in [-0.15, -0.1) is 0 Å². The van der Waals surface area contributed by atoms with Gasteiger partial charge in [0, 0.05) is 29.8 Å². The number of nitrogens with one attached hydrogen (secondary N) is 2. The van der Waals surface area contributed by atoms with E-state index in [-0.39, 0.29) is 24.2 Å². The number of rotatable bonds is 6. The second-order valence-electron chi connectivity index (χ2n) is 9.04. The lowest BCUT2D eigenvalue weighted by atomic mass is 9.92. The maximum absolute atomic E-state index is 13.4. The number of amides is 3. The average molecular weight is 470 g/mol. The first-order chi connectivity index (χ1) is 16.0. The van der Waals surface area contributed by atoms with Gasteiger partial charge in [-0.3, -0.25) is 4.79 Å². The highest BCUT2D eigenvalue weighted by molar-refractivity contribution is 5.96. The number of nitrogens with zero attached hydrogens (tertiary/aromatic N) is 3. The highest BCUT2D eigenvalue weighted by Gasteiger charge is 2.23. The molecule has 7 nitrogen and oxygen atoms in total. The fraction of sp³-hybridized carbons (Fsp3) is 0.320. The average Bonchev–Trinajstić information content (AvgIpc) is 3.19. The second-order valence-corrected chi connectivity index (χ2v) is 9.04. The fourth-order valence-corrected chi connectivity index (χ4v) is 3.25. The Morgan fingerprint density at radius 2 is 1.76 bits per heavy atom. The number of benzene rings is 2. The van der Waals surface area contributed by atoms with E-state index in [0.717, 1.165) is 29.1 Å². The minimum atomic E-state index is -1.07. The Balaban J connectivity index is 1.77. The molecule has 0 saturated heterocycles. The molecular formula is C25H29F2N5O2. The molecule has 1 aromatic heterocycles. The van der Waals surface area contributed by atoms with Crippen LogP contribution in [0.3, 0.4) is 0 Å². The highest BCUT2D eigenvalue weighted by atomic mass is 19.2. The number of aromatic nitrogens is 2. The van der Waals surface area contributed by atoms with Gasteiger partial charge in [0.1, 0.15) is 12.4 Å². The predicted octanol–water partition coefficient (Wildman–Crippen LogP) is 5.25. The van der Waals surface area contributed by atoms with Gasteiger partial charge in [0.2, 0.25) is 5.91 Å². The van der Waals surface area contributed by atoms with Crippen LogP contribution >= 0.6 is 0 Å². The lowest BCUT2D eigenvalue weighted by Crippen LogP contribution is -2.40. The van der Waals surface area contributed by atoms with Gasteiger partial charge in [-0.25, -0.2) is 18.3 Å². The minimum absolute atomic E-state index is 0.0927. The molecule has 1 heterocycles. The molecule has 34 heavy (non-hydrogen) atoms. The van der Waals surface area contributed by atoms with Crippen molar-refractivity contribution in [3.05, 3.63) is 71.4 Å². The molecule has 0 spiro atoms. The van der Waals surface area contributed by atoms with Crippen molar-refractivity contribution in [1.82, 2.24) is 14.7 Å². The zero-order valence-corrected chi connectivity index (χ0v) is 19.9. The van der Waals surface area contributed by atoms with Gasteiger partial charge in [-0.2, -0.15) is 5.10 Å². The maximum atomic E-state index is 13.4. The summed E-state index contributed by atoms with van der Waals surface area (Å²) >= 11 is 0.